The average Bonchev–Trinajstić information content (AvgIpc) is 2.67. The lowest BCUT2D eigenvalue weighted by Crippen LogP contribution is -2.48. The van der Waals surface area contributed by atoms with Gasteiger partial charge in [-0.15, -0.1) is 0 Å². The van der Waals surface area contributed by atoms with Gasteiger partial charge in [-0.1, -0.05) is 27.2 Å². The Hall–Kier alpha value is -3.36. The first kappa shape index (κ1) is 23.9. The molecule has 9 heteroatoms. The second-order valence-electron chi connectivity index (χ2n) is 7.67. The van der Waals surface area contributed by atoms with Gasteiger partial charge >= 0.3 is 11.6 Å². The number of aryl methyl sites for hydroxylation is 2. The summed E-state index contributed by atoms with van der Waals surface area (Å²) < 4.78 is 11.0. The lowest BCUT2D eigenvalue weighted by atomic mass is 10.0. The molecular weight excluding hydrogens is 404 g/mol. The second kappa shape index (κ2) is 10.6. The van der Waals surface area contributed by atoms with Gasteiger partial charge in [-0.25, -0.2) is 9.59 Å². The van der Waals surface area contributed by atoms with Crippen LogP contribution >= 0.6 is 0 Å². The van der Waals surface area contributed by atoms with Crippen LogP contribution in [0.1, 0.15) is 38.3 Å². The van der Waals surface area contributed by atoms with Crippen LogP contribution < -0.4 is 21.0 Å². The molecule has 0 aliphatic carbocycles. The van der Waals surface area contributed by atoms with Crippen molar-refractivity contribution in [3.05, 3.63) is 39.7 Å². The predicted molar refractivity (Wildman–Crippen MR) is 114 cm³/mol. The Morgan fingerprint density at radius 2 is 1.87 bits per heavy atom. The fraction of sp³-hybridized carbons (Fsp3) is 0.455. The van der Waals surface area contributed by atoms with Crippen LogP contribution in [0.5, 0.6) is 5.75 Å². The van der Waals surface area contributed by atoms with Crippen molar-refractivity contribution in [1.82, 2.24) is 10.6 Å². The molecule has 1 aromatic carbocycles. The van der Waals surface area contributed by atoms with Gasteiger partial charge in [-0.2, -0.15) is 0 Å². The van der Waals surface area contributed by atoms with Crippen molar-refractivity contribution in [3.63, 3.8) is 0 Å². The minimum Gasteiger partial charge on any atom is -0.483 e. The zero-order valence-electron chi connectivity index (χ0n) is 18.1. The van der Waals surface area contributed by atoms with Gasteiger partial charge in [-0.3, -0.25) is 9.59 Å². The number of carboxylic acids is 1. The van der Waals surface area contributed by atoms with E-state index < -0.39 is 29.5 Å². The number of aliphatic carboxylic acids is 1. The largest absolute Gasteiger partial charge is 0.483 e. The molecule has 0 bridgehead atoms. The average molecular weight is 432 g/mol. The first-order valence-corrected chi connectivity index (χ1v) is 10.1. The second-order valence-corrected chi connectivity index (χ2v) is 7.67. The molecular formula is C22H28N2O7. The molecule has 0 saturated carbocycles. The van der Waals surface area contributed by atoms with E-state index in [1.54, 1.807) is 26.0 Å². The summed E-state index contributed by atoms with van der Waals surface area (Å²) in [5.41, 5.74) is 1.51. The summed E-state index contributed by atoms with van der Waals surface area (Å²) in [5, 5.41) is 14.5. The van der Waals surface area contributed by atoms with Gasteiger partial charge in [-0.05, 0) is 42.5 Å². The van der Waals surface area contributed by atoms with Crippen LogP contribution in [0.4, 0.5) is 0 Å². The van der Waals surface area contributed by atoms with E-state index in [-0.39, 0.29) is 19.1 Å². The van der Waals surface area contributed by atoms with Crippen LogP contribution in [0.25, 0.3) is 11.0 Å². The van der Waals surface area contributed by atoms with Crippen LogP contribution in [0.3, 0.4) is 0 Å². The Labute approximate surface area is 179 Å². The number of carboxylic acid groups (broad SMARTS) is 1. The fourth-order valence-electron chi connectivity index (χ4n) is 3.16. The lowest BCUT2D eigenvalue weighted by Gasteiger charge is -2.18. The summed E-state index contributed by atoms with van der Waals surface area (Å²) in [7, 11) is 0. The van der Waals surface area contributed by atoms with Gasteiger partial charge < -0.3 is 24.9 Å². The molecule has 1 atom stereocenters. The molecule has 0 spiro atoms. The number of carbonyl (C=O) groups excluding carboxylic acids is 2. The zero-order chi connectivity index (χ0) is 23.1. The number of ether oxygens (including phenoxy) is 1. The molecule has 2 rings (SSSR count). The Morgan fingerprint density at radius 3 is 2.48 bits per heavy atom. The molecule has 0 fully saturated rings. The molecule has 9 nitrogen and oxygen atoms in total. The van der Waals surface area contributed by atoms with Gasteiger partial charge in [0.2, 0.25) is 5.91 Å². The maximum Gasteiger partial charge on any atom is 0.336 e. The summed E-state index contributed by atoms with van der Waals surface area (Å²) in [4.78, 5) is 47.1. The highest BCUT2D eigenvalue weighted by molar-refractivity contribution is 5.90. The van der Waals surface area contributed by atoms with Crippen LogP contribution in [0, 0.1) is 12.8 Å². The Morgan fingerprint density at radius 1 is 1.16 bits per heavy atom. The molecule has 3 N–H and O–H groups in total. The molecule has 0 radical (unpaired) electrons. The fourth-order valence-corrected chi connectivity index (χ4v) is 3.16. The normalized spacial score (nSPS) is 11.9. The van der Waals surface area contributed by atoms with E-state index in [0.29, 0.717) is 23.1 Å². The molecule has 0 unspecified atom stereocenters. The minimum atomic E-state index is -1.14. The van der Waals surface area contributed by atoms with E-state index in [4.69, 9.17) is 14.3 Å². The van der Waals surface area contributed by atoms with Gasteiger partial charge in [0.25, 0.3) is 5.91 Å². The van der Waals surface area contributed by atoms with E-state index in [1.165, 1.54) is 6.07 Å². The Kier molecular flexibility index (Phi) is 8.18. The number of amides is 2. The smallest absolute Gasteiger partial charge is 0.336 e. The molecule has 2 aromatic rings. The van der Waals surface area contributed by atoms with E-state index >= 15 is 0 Å². The topological polar surface area (TPSA) is 135 Å². The molecule has 0 aliphatic rings. The third-order valence-corrected chi connectivity index (χ3v) is 4.61. The number of carbonyl (C=O) groups is 3. The first-order chi connectivity index (χ1) is 14.6. The highest BCUT2D eigenvalue weighted by Gasteiger charge is 2.23. The summed E-state index contributed by atoms with van der Waals surface area (Å²) >= 11 is 0. The summed E-state index contributed by atoms with van der Waals surface area (Å²) in [5.74, 6) is -2.18. The number of hydrogen-bond acceptors (Lipinski definition) is 6. The van der Waals surface area contributed by atoms with Crippen LogP contribution in [-0.4, -0.2) is 42.1 Å². The van der Waals surface area contributed by atoms with Crippen LogP contribution in [0.15, 0.2) is 27.4 Å². The number of benzene rings is 1. The van der Waals surface area contributed by atoms with Gasteiger partial charge in [0.1, 0.15) is 17.4 Å². The van der Waals surface area contributed by atoms with Gasteiger partial charge in [0.15, 0.2) is 6.61 Å². The van der Waals surface area contributed by atoms with Crippen LogP contribution in [0.2, 0.25) is 0 Å². The molecule has 0 aliphatic heterocycles. The number of rotatable bonds is 10. The molecule has 168 valence electrons. The van der Waals surface area contributed by atoms with E-state index in [2.05, 4.69) is 10.6 Å². The van der Waals surface area contributed by atoms with Crippen molar-refractivity contribution in [2.45, 2.75) is 46.6 Å². The summed E-state index contributed by atoms with van der Waals surface area (Å²) in [6, 6.07) is 3.87. The van der Waals surface area contributed by atoms with E-state index in [9.17, 15) is 19.2 Å². The maximum absolute atomic E-state index is 12.2. The third kappa shape index (κ3) is 6.56. The van der Waals surface area contributed by atoms with Crippen LogP contribution in [-0.2, 0) is 20.8 Å². The first-order valence-electron chi connectivity index (χ1n) is 10.1. The third-order valence-electron chi connectivity index (χ3n) is 4.61. The SMILES string of the molecule is CCCc1cc(=O)oc2cc(C)cc(OCC(=O)NCC(=O)N[C@@H](C(=O)O)C(C)C)c12. The molecule has 31 heavy (non-hydrogen) atoms. The Bertz CT molecular complexity index is 1030. The quantitative estimate of drug-likeness (QED) is 0.487. The molecule has 1 aromatic heterocycles. The number of nitrogens with one attached hydrogen (secondary N) is 2. The van der Waals surface area contributed by atoms with E-state index in [1.807, 2.05) is 13.8 Å². The van der Waals surface area contributed by atoms with Gasteiger partial charge in [0.05, 0.1) is 11.9 Å². The zero-order valence-corrected chi connectivity index (χ0v) is 18.1. The highest BCUT2D eigenvalue weighted by Crippen LogP contribution is 2.30. The van der Waals surface area contributed by atoms with Crippen molar-refractivity contribution in [2.24, 2.45) is 5.92 Å². The standard InChI is InChI=1S/C22H28N2O7/c1-5-6-14-9-19(27)31-16-8-13(4)7-15(20(14)16)30-11-18(26)23-10-17(25)24-21(12(2)3)22(28)29/h7-9,12,21H,5-6,10-11H2,1-4H3,(H,23,26)(H,24,25)(H,28,29)/t21-/m1/s1. The van der Waals surface area contributed by atoms with Crippen molar-refractivity contribution >= 4 is 28.8 Å². The molecule has 2 amide bonds. The monoisotopic (exact) mass is 432 g/mol. The maximum atomic E-state index is 12.2. The summed E-state index contributed by atoms with van der Waals surface area (Å²) in [6.07, 6.45) is 1.46. The van der Waals surface area contributed by atoms with Crippen molar-refractivity contribution in [2.75, 3.05) is 13.2 Å². The minimum absolute atomic E-state index is 0.299. The summed E-state index contributed by atoms with van der Waals surface area (Å²) in [6.45, 7) is 6.42. The van der Waals surface area contributed by atoms with Gasteiger partial charge in [0, 0.05) is 6.07 Å². The van der Waals surface area contributed by atoms with Crippen molar-refractivity contribution in [1.29, 1.82) is 0 Å². The highest BCUT2D eigenvalue weighted by atomic mass is 16.5. The number of fused-ring (bicyclic) bond motifs is 1. The van der Waals surface area contributed by atoms with E-state index in [0.717, 1.165) is 17.5 Å². The predicted octanol–water partition coefficient (Wildman–Crippen LogP) is 1.77. The van der Waals surface area contributed by atoms with Crippen molar-refractivity contribution < 1.29 is 28.6 Å². The Balaban J connectivity index is 2.06. The lowest BCUT2D eigenvalue weighted by molar-refractivity contribution is -0.143. The number of hydrogen-bond donors (Lipinski definition) is 3. The molecule has 0 saturated heterocycles. The van der Waals surface area contributed by atoms with Crippen molar-refractivity contribution in [3.8, 4) is 5.75 Å². The molecule has 1 heterocycles.